The summed E-state index contributed by atoms with van der Waals surface area (Å²) in [4.78, 5) is 8.42. The molecule has 6 heteroatoms. The van der Waals surface area contributed by atoms with Gasteiger partial charge in [0.15, 0.2) is 0 Å². The van der Waals surface area contributed by atoms with E-state index in [1.54, 1.807) is 24.3 Å². The van der Waals surface area contributed by atoms with Crippen LogP contribution in [0.5, 0.6) is 0 Å². The van der Waals surface area contributed by atoms with Gasteiger partial charge in [-0.3, -0.25) is 0 Å². The molecule has 0 heterocycles. The zero-order chi connectivity index (χ0) is 11.3. The molecular formula is C9H10N2O3P+. The summed E-state index contributed by atoms with van der Waals surface area (Å²) in [5.41, 5.74) is 6.98. The van der Waals surface area contributed by atoms with Crippen LogP contribution in [0.2, 0.25) is 0 Å². The van der Waals surface area contributed by atoms with Gasteiger partial charge in [0.05, 0.1) is 17.7 Å². The van der Waals surface area contributed by atoms with Crippen molar-refractivity contribution in [1.29, 1.82) is 5.26 Å². The molecule has 2 atom stereocenters. The maximum Gasteiger partial charge on any atom is 0.694 e. The molecule has 0 aliphatic heterocycles. The minimum atomic E-state index is -2.61. The minimum absolute atomic E-state index is 0.0302. The van der Waals surface area contributed by atoms with Gasteiger partial charge in [-0.1, -0.05) is 12.1 Å². The molecule has 5 nitrogen and oxygen atoms in total. The van der Waals surface area contributed by atoms with Gasteiger partial charge >= 0.3 is 8.25 Å². The molecule has 1 aromatic rings. The van der Waals surface area contributed by atoms with Crippen LogP contribution in [-0.4, -0.2) is 11.5 Å². The fraction of sp³-hybridized carbons (Fsp3) is 0.222. The average Bonchev–Trinajstić information content (AvgIpc) is 2.26. The Labute approximate surface area is 88.0 Å². The highest BCUT2D eigenvalue weighted by Gasteiger charge is 2.16. The van der Waals surface area contributed by atoms with Crippen LogP contribution in [0, 0.1) is 11.3 Å². The van der Waals surface area contributed by atoms with Crippen molar-refractivity contribution >= 4 is 8.25 Å². The summed E-state index contributed by atoms with van der Waals surface area (Å²) >= 11 is 0. The van der Waals surface area contributed by atoms with E-state index in [2.05, 4.69) is 4.52 Å². The van der Waals surface area contributed by atoms with Crippen LogP contribution in [0.15, 0.2) is 24.3 Å². The van der Waals surface area contributed by atoms with Gasteiger partial charge in [-0.05, 0) is 17.7 Å². The fourth-order valence-electron chi connectivity index (χ4n) is 1.05. The molecule has 0 aromatic heterocycles. The van der Waals surface area contributed by atoms with Gasteiger partial charge in [-0.2, -0.15) is 5.26 Å². The molecule has 1 aromatic carbocycles. The summed E-state index contributed by atoms with van der Waals surface area (Å²) < 4.78 is 14.8. The van der Waals surface area contributed by atoms with Crippen molar-refractivity contribution < 1.29 is 14.0 Å². The first-order valence-electron chi connectivity index (χ1n) is 4.18. The number of benzene rings is 1. The molecule has 78 valence electrons. The number of hydrogen-bond acceptors (Lipinski definition) is 4. The van der Waals surface area contributed by atoms with E-state index >= 15 is 0 Å². The zero-order valence-corrected chi connectivity index (χ0v) is 8.72. The lowest BCUT2D eigenvalue weighted by molar-refractivity contribution is 0.263. The van der Waals surface area contributed by atoms with Gasteiger partial charge in [-0.15, -0.1) is 9.42 Å². The maximum atomic E-state index is 10.3. The zero-order valence-electron chi connectivity index (χ0n) is 7.83. The van der Waals surface area contributed by atoms with E-state index in [0.717, 1.165) is 5.56 Å². The van der Waals surface area contributed by atoms with Gasteiger partial charge in [0.1, 0.15) is 6.61 Å². The van der Waals surface area contributed by atoms with E-state index in [0.29, 0.717) is 5.56 Å². The van der Waals surface area contributed by atoms with E-state index in [4.69, 9.17) is 15.9 Å². The van der Waals surface area contributed by atoms with Gasteiger partial charge < -0.3 is 5.73 Å². The van der Waals surface area contributed by atoms with Crippen molar-refractivity contribution in [1.82, 2.24) is 0 Å². The standard InChI is InChI=1S/C9H9N2O3P/c10-5-7-1-3-8(4-2-7)9(11)6-14-15(12)13/h1-4,9H,6,11H2/p+1. The van der Waals surface area contributed by atoms with Crippen molar-refractivity contribution in [2.24, 2.45) is 5.73 Å². The summed E-state index contributed by atoms with van der Waals surface area (Å²) in [7, 11) is -2.61. The van der Waals surface area contributed by atoms with Crippen molar-refractivity contribution in [2.75, 3.05) is 6.61 Å². The number of hydrogen-bond donors (Lipinski definition) is 2. The molecule has 0 radical (unpaired) electrons. The highest BCUT2D eigenvalue weighted by atomic mass is 31.1. The Morgan fingerprint density at radius 3 is 2.60 bits per heavy atom. The second kappa shape index (κ2) is 5.54. The highest BCUT2D eigenvalue weighted by Crippen LogP contribution is 2.19. The molecule has 0 aliphatic carbocycles. The average molecular weight is 225 g/mol. The Balaban J connectivity index is 2.62. The van der Waals surface area contributed by atoms with Crippen LogP contribution in [0.1, 0.15) is 17.2 Å². The van der Waals surface area contributed by atoms with Crippen LogP contribution in [0.3, 0.4) is 0 Å². The third-order valence-corrected chi connectivity index (χ3v) is 2.20. The van der Waals surface area contributed by atoms with E-state index in [9.17, 15) is 4.57 Å². The second-order valence-electron chi connectivity index (χ2n) is 2.87. The molecule has 15 heavy (non-hydrogen) atoms. The van der Waals surface area contributed by atoms with Gasteiger partial charge in [0.25, 0.3) is 0 Å². The molecular weight excluding hydrogens is 215 g/mol. The maximum absolute atomic E-state index is 10.3. The fourth-order valence-corrected chi connectivity index (χ4v) is 1.33. The Morgan fingerprint density at radius 1 is 1.53 bits per heavy atom. The number of nitrogens with two attached hydrogens (primary N) is 1. The van der Waals surface area contributed by atoms with Crippen LogP contribution >= 0.6 is 8.25 Å². The summed E-state index contributed by atoms with van der Waals surface area (Å²) in [5.74, 6) is 0. The molecule has 0 aliphatic rings. The monoisotopic (exact) mass is 225 g/mol. The predicted octanol–water partition coefficient (Wildman–Crippen LogP) is 1.22. The lowest BCUT2D eigenvalue weighted by atomic mass is 10.1. The first kappa shape index (κ1) is 11.8. The van der Waals surface area contributed by atoms with Crippen molar-refractivity contribution in [3.63, 3.8) is 0 Å². The minimum Gasteiger partial charge on any atom is -0.322 e. The number of rotatable bonds is 4. The Hall–Kier alpha value is -1.31. The first-order valence-corrected chi connectivity index (χ1v) is 5.31. The molecule has 1 rings (SSSR count). The molecule has 0 spiro atoms. The Bertz CT molecular complexity index is 385. The van der Waals surface area contributed by atoms with Gasteiger partial charge in [0, 0.05) is 4.57 Å². The SMILES string of the molecule is N#Cc1ccc(C(N)CO[P+](=O)O)cc1. The normalized spacial score (nSPS) is 13.0. The van der Waals surface area contributed by atoms with Crippen LogP contribution < -0.4 is 5.73 Å². The number of nitriles is 1. The Kier molecular flexibility index (Phi) is 4.35. The lowest BCUT2D eigenvalue weighted by Gasteiger charge is -2.07. The lowest BCUT2D eigenvalue weighted by Crippen LogP contribution is -2.15. The summed E-state index contributed by atoms with van der Waals surface area (Å²) in [6, 6.07) is 8.16. The molecule has 0 fully saturated rings. The van der Waals surface area contributed by atoms with Crippen LogP contribution in [0.25, 0.3) is 0 Å². The van der Waals surface area contributed by atoms with Crippen molar-refractivity contribution in [2.45, 2.75) is 6.04 Å². The van der Waals surface area contributed by atoms with E-state index in [-0.39, 0.29) is 6.61 Å². The second-order valence-corrected chi connectivity index (χ2v) is 3.61. The predicted molar refractivity (Wildman–Crippen MR) is 53.9 cm³/mol. The van der Waals surface area contributed by atoms with Crippen LogP contribution in [-0.2, 0) is 9.09 Å². The summed E-state index contributed by atoms with van der Waals surface area (Å²) in [5, 5.41) is 8.57. The van der Waals surface area contributed by atoms with Gasteiger partial charge in [-0.25, -0.2) is 0 Å². The first-order chi connectivity index (χ1) is 7.13. The molecule has 0 saturated carbocycles. The largest absolute Gasteiger partial charge is 0.694 e. The smallest absolute Gasteiger partial charge is 0.322 e. The topological polar surface area (TPSA) is 96.3 Å². The van der Waals surface area contributed by atoms with Crippen LogP contribution in [0.4, 0.5) is 0 Å². The molecule has 0 bridgehead atoms. The third kappa shape index (κ3) is 3.74. The summed E-state index contributed by atoms with van der Waals surface area (Å²) in [6.45, 7) is -0.0302. The molecule has 0 amide bonds. The molecule has 0 saturated heterocycles. The van der Waals surface area contributed by atoms with E-state index in [1.165, 1.54) is 0 Å². The molecule has 2 unspecified atom stereocenters. The van der Waals surface area contributed by atoms with Crippen molar-refractivity contribution in [3.8, 4) is 6.07 Å². The molecule has 3 N–H and O–H groups in total. The van der Waals surface area contributed by atoms with Gasteiger partial charge in [0.2, 0.25) is 0 Å². The van der Waals surface area contributed by atoms with E-state index in [1.807, 2.05) is 6.07 Å². The highest BCUT2D eigenvalue weighted by molar-refractivity contribution is 7.32. The van der Waals surface area contributed by atoms with E-state index < -0.39 is 14.3 Å². The third-order valence-electron chi connectivity index (χ3n) is 1.83. The number of nitrogens with zero attached hydrogens (tertiary/aromatic N) is 1. The summed E-state index contributed by atoms with van der Waals surface area (Å²) in [6.07, 6.45) is 0. The van der Waals surface area contributed by atoms with Crippen molar-refractivity contribution in [3.05, 3.63) is 35.4 Å². The quantitative estimate of drug-likeness (QED) is 0.751. The Morgan fingerprint density at radius 2 is 2.13 bits per heavy atom.